The van der Waals surface area contributed by atoms with Gasteiger partial charge in [-0.05, 0) is 110 Å². The lowest BCUT2D eigenvalue weighted by Crippen LogP contribution is -1.85. The second-order valence-electron chi connectivity index (χ2n) is 4.06. The van der Waals surface area contributed by atoms with Crippen molar-refractivity contribution >= 4 is 95.6 Å². The van der Waals surface area contributed by atoms with Crippen molar-refractivity contribution in [1.82, 2.24) is 0 Å². The van der Waals surface area contributed by atoms with E-state index < -0.39 is 6.67 Å². The van der Waals surface area contributed by atoms with E-state index in [9.17, 15) is 8.78 Å². The molecule has 0 amide bonds. The lowest BCUT2D eigenvalue weighted by Gasteiger charge is -2.04. The standard InChI is InChI=1S/2C7H4Br3F/c1-3-4(8)2-5(11)7(10)6(3)9;8-5-2-1-4(3-11)6(9)7(5)10/h2H,1H3;1-2H,3H2. The van der Waals surface area contributed by atoms with Crippen molar-refractivity contribution < 1.29 is 8.78 Å². The van der Waals surface area contributed by atoms with Crippen LogP contribution >= 0.6 is 95.6 Å². The third-order valence-corrected chi connectivity index (χ3v) is 9.18. The Balaban J connectivity index is 0.000000220. The number of benzene rings is 2. The fourth-order valence-corrected chi connectivity index (χ4v) is 4.24. The van der Waals surface area contributed by atoms with Gasteiger partial charge >= 0.3 is 0 Å². The first-order valence-electron chi connectivity index (χ1n) is 5.68. The van der Waals surface area contributed by atoms with Gasteiger partial charge in [-0.2, -0.15) is 0 Å². The van der Waals surface area contributed by atoms with Gasteiger partial charge in [0.15, 0.2) is 0 Å². The molecule has 0 saturated carbocycles. The predicted octanol–water partition coefficient (Wildman–Crippen LogP) is 8.87. The lowest BCUT2D eigenvalue weighted by atomic mass is 10.2. The summed E-state index contributed by atoms with van der Waals surface area (Å²) in [6.07, 6.45) is 0. The number of alkyl halides is 1. The van der Waals surface area contributed by atoms with Gasteiger partial charge in [0.05, 0.1) is 4.47 Å². The highest BCUT2D eigenvalue weighted by atomic mass is 79.9. The average molecular weight is 694 g/mol. The predicted molar refractivity (Wildman–Crippen MR) is 109 cm³/mol. The number of hydrogen-bond donors (Lipinski definition) is 0. The topological polar surface area (TPSA) is 0 Å². The number of halogens is 8. The molecule has 2 aromatic rings. The molecule has 8 heteroatoms. The summed E-state index contributed by atoms with van der Waals surface area (Å²) < 4.78 is 29.7. The van der Waals surface area contributed by atoms with Crippen molar-refractivity contribution in [3.05, 3.63) is 62.0 Å². The second-order valence-corrected chi connectivity index (χ2v) is 8.94. The Morgan fingerprint density at radius 2 is 1.41 bits per heavy atom. The van der Waals surface area contributed by atoms with Crippen molar-refractivity contribution in [1.29, 1.82) is 0 Å². The van der Waals surface area contributed by atoms with E-state index in [0.29, 0.717) is 10.0 Å². The molecule has 0 saturated heterocycles. The van der Waals surface area contributed by atoms with Crippen LogP contribution in [0.4, 0.5) is 8.78 Å². The smallest absolute Gasteiger partial charge is 0.139 e. The highest BCUT2D eigenvalue weighted by Gasteiger charge is 2.09. The number of hydrogen-bond acceptors (Lipinski definition) is 0. The first kappa shape index (κ1) is 21.2. The van der Waals surface area contributed by atoms with Crippen LogP contribution in [-0.4, -0.2) is 0 Å². The van der Waals surface area contributed by atoms with Crippen LogP contribution in [0, 0.1) is 12.7 Å². The van der Waals surface area contributed by atoms with Gasteiger partial charge in [0.1, 0.15) is 12.5 Å². The monoisotopic (exact) mass is 688 g/mol. The second kappa shape index (κ2) is 9.61. The molecule has 2 aromatic carbocycles. The molecule has 0 N–H and O–H groups in total. The largest absolute Gasteiger partial charge is 0.246 e. The van der Waals surface area contributed by atoms with Crippen LogP contribution in [0.25, 0.3) is 0 Å². The van der Waals surface area contributed by atoms with E-state index >= 15 is 0 Å². The Morgan fingerprint density at radius 1 is 0.818 bits per heavy atom. The zero-order valence-electron chi connectivity index (χ0n) is 11.0. The fourth-order valence-electron chi connectivity index (χ4n) is 1.33. The SMILES string of the molecule is Cc1c(Br)cc(F)c(Br)c1Br.FCc1ccc(Br)c(Br)c1Br. The molecule has 0 unspecified atom stereocenters. The van der Waals surface area contributed by atoms with Crippen LogP contribution in [0.5, 0.6) is 0 Å². The fraction of sp³-hybridized carbons (Fsp3) is 0.143. The van der Waals surface area contributed by atoms with Gasteiger partial charge < -0.3 is 0 Å². The van der Waals surface area contributed by atoms with Gasteiger partial charge in [-0.3, -0.25) is 0 Å². The molecule has 0 heterocycles. The summed E-state index contributed by atoms with van der Waals surface area (Å²) in [6.45, 7) is 1.45. The molecule has 2 rings (SSSR count). The molecule has 0 spiro atoms. The van der Waals surface area contributed by atoms with Crippen molar-refractivity contribution in [3.63, 3.8) is 0 Å². The summed E-state index contributed by atoms with van der Waals surface area (Å²) in [5, 5.41) is 0. The lowest BCUT2D eigenvalue weighted by molar-refractivity contribution is 0.483. The molecule has 0 fully saturated rings. The first-order chi connectivity index (χ1) is 10.2. The van der Waals surface area contributed by atoms with E-state index in [-0.39, 0.29) is 5.82 Å². The van der Waals surface area contributed by atoms with Crippen LogP contribution in [0.2, 0.25) is 0 Å². The van der Waals surface area contributed by atoms with Crippen LogP contribution in [0.1, 0.15) is 11.1 Å². The van der Waals surface area contributed by atoms with E-state index in [4.69, 9.17) is 0 Å². The van der Waals surface area contributed by atoms with Crippen molar-refractivity contribution in [2.24, 2.45) is 0 Å². The van der Waals surface area contributed by atoms with Crippen LogP contribution in [0.15, 0.2) is 45.0 Å². The van der Waals surface area contributed by atoms with Crippen molar-refractivity contribution in [2.45, 2.75) is 13.6 Å². The van der Waals surface area contributed by atoms with Crippen LogP contribution < -0.4 is 0 Å². The van der Waals surface area contributed by atoms with E-state index in [1.54, 1.807) is 6.07 Å². The minimum absolute atomic E-state index is 0.269. The third kappa shape index (κ3) is 5.34. The van der Waals surface area contributed by atoms with E-state index in [0.717, 1.165) is 27.9 Å². The molecule has 0 aliphatic heterocycles. The molecule has 0 aliphatic rings. The molecular weight excluding hydrogens is 686 g/mol. The molecule has 0 atom stereocenters. The Morgan fingerprint density at radius 3 is 1.95 bits per heavy atom. The molecule has 22 heavy (non-hydrogen) atoms. The third-order valence-electron chi connectivity index (χ3n) is 2.60. The summed E-state index contributed by atoms with van der Waals surface area (Å²) in [7, 11) is 0. The summed E-state index contributed by atoms with van der Waals surface area (Å²) in [6, 6.07) is 4.98. The van der Waals surface area contributed by atoms with E-state index in [1.165, 1.54) is 6.07 Å². The van der Waals surface area contributed by atoms with Gasteiger partial charge in [-0.1, -0.05) is 22.0 Å². The molecule has 0 bridgehead atoms. The van der Waals surface area contributed by atoms with E-state index in [2.05, 4.69) is 95.6 Å². The zero-order valence-corrected chi connectivity index (χ0v) is 20.5. The zero-order chi connectivity index (χ0) is 17.0. The Bertz CT molecular complexity index is 662. The highest BCUT2D eigenvalue weighted by Crippen LogP contribution is 2.34. The molecular formula is C14H8Br6F2. The summed E-state index contributed by atoms with van der Waals surface area (Å²) in [5.74, 6) is -0.269. The maximum Gasteiger partial charge on any atom is 0.139 e. The summed E-state index contributed by atoms with van der Waals surface area (Å²) in [4.78, 5) is 0. The molecule has 120 valence electrons. The van der Waals surface area contributed by atoms with Gasteiger partial charge in [-0.25, -0.2) is 8.78 Å². The molecule has 0 aliphatic carbocycles. The minimum Gasteiger partial charge on any atom is -0.246 e. The Labute approximate surface area is 178 Å². The van der Waals surface area contributed by atoms with Crippen LogP contribution in [0.3, 0.4) is 0 Å². The maximum atomic E-state index is 12.9. The maximum absolute atomic E-state index is 12.9. The van der Waals surface area contributed by atoms with Gasteiger partial charge in [0.2, 0.25) is 0 Å². The molecule has 0 radical (unpaired) electrons. The summed E-state index contributed by atoms with van der Waals surface area (Å²) in [5.41, 5.74) is 1.64. The summed E-state index contributed by atoms with van der Waals surface area (Å²) >= 11 is 19.5. The highest BCUT2D eigenvalue weighted by molar-refractivity contribution is 9.14. The van der Waals surface area contributed by atoms with Crippen LogP contribution in [-0.2, 0) is 6.67 Å². The van der Waals surface area contributed by atoms with Gasteiger partial charge in [-0.15, -0.1) is 0 Å². The number of rotatable bonds is 1. The normalized spacial score (nSPS) is 10.2. The average Bonchev–Trinajstić information content (AvgIpc) is 2.49. The van der Waals surface area contributed by atoms with Gasteiger partial charge in [0.25, 0.3) is 0 Å². The first-order valence-corrected chi connectivity index (χ1v) is 10.4. The Kier molecular flexibility index (Phi) is 9.27. The van der Waals surface area contributed by atoms with Crippen molar-refractivity contribution in [3.8, 4) is 0 Å². The quantitative estimate of drug-likeness (QED) is 0.207. The molecule has 0 aromatic heterocycles. The minimum atomic E-state index is -0.452. The van der Waals surface area contributed by atoms with E-state index in [1.807, 2.05) is 13.0 Å². The Hall–Kier alpha value is 1.18. The van der Waals surface area contributed by atoms with Gasteiger partial charge in [0, 0.05) is 22.4 Å². The van der Waals surface area contributed by atoms with Crippen molar-refractivity contribution in [2.75, 3.05) is 0 Å². The molecule has 0 nitrogen and oxygen atoms in total.